The molecule has 5 heteroatoms. The molecule has 0 aromatic heterocycles. The molecule has 0 spiro atoms. The summed E-state index contributed by atoms with van der Waals surface area (Å²) >= 11 is 0. The molecule has 2 N–H and O–H groups in total. The standard InChI is InChI=1S/C21H29N3O2/c1-3-25-17-19-11-8-7-10-18(19)16-24-21(22-2)23-14-9-15-26-20-12-5-4-6-13-20/h4-8,10-13H,3,9,14-17H2,1-2H3,(H2,22,23,24). The molecule has 0 radical (unpaired) electrons. The molecule has 0 unspecified atom stereocenters. The Hall–Kier alpha value is -2.53. The topological polar surface area (TPSA) is 54.9 Å². The fourth-order valence-corrected chi connectivity index (χ4v) is 2.47. The van der Waals surface area contributed by atoms with E-state index in [1.807, 2.05) is 49.4 Å². The van der Waals surface area contributed by atoms with Crippen molar-refractivity contribution in [2.45, 2.75) is 26.5 Å². The Morgan fingerprint density at radius 2 is 1.69 bits per heavy atom. The van der Waals surface area contributed by atoms with Gasteiger partial charge in [0.05, 0.1) is 13.2 Å². The van der Waals surface area contributed by atoms with Crippen molar-refractivity contribution < 1.29 is 9.47 Å². The third kappa shape index (κ3) is 7.15. The van der Waals surface area contributed by atoms with Gasteiger partial charge in [0.25, 0.3) is 0 Å². The summed E-state index contributed by atoms with van der Waals surface area (Å²) < 4.78 is 11.2. The monoisotopic (exact) mass is 355 g/mol. The third-order valence-corrected chi connectivity index (χ3v) is 3.88. The summed E-state index contributed by atoms with van der Waals surface area (Å²) in [5, 5.41) is 6.67. The highest BCUT2D eigenvalue weighted by atomic mass is 16.5. The molecule has 0 aliphatic rings. The van der Waals surface area contributed by atoms with Crippen LogP contribution in [0, 0.1) is 0 Å². The quantitative estimate of drug-likeness (QED) is 0.390. The van der Waals surface area contributed by atoms with Crippen molar-refractivity contribution in [3.63, 3.8) is 0 Å². The van der Waals surface area contributed by atoms with Gasteiger partial charge in [-0.15, -0.1) is 0 Å². The fourth-order valence-electron chi connectivity index (χ4n) is 2.47. The van der Waals surface area contributed by atoms with Gasteiger partial charge in [0.1, 0.15) is 5.75 Å². The first-order chi connectivity index (χ1) is 12.8. The van der Waals surface area contributed by atoms with Crippen LogP contribution < -0.4 is 15.4 Å². The lowest BCUT2D eigenvalue weighted by molar-refractivity contribution is 0.133. The summed E-state index contributed by atoms with van der Waals surface area (Å²) in [6, 6.07) is 18.2. The Bertz CT molecular complexity index is 659. The Morgan fingerprint density at radius 3 is 2.42 bits per heavy atom. The Balaban J connectivity index is 1.69. The lowest BCUT2D eigenvalue weighted by Gasteiger charge is -2.14. The Morgan fingerprint density at radius 1 is 0.962 bits per heavy atom. The minimum absolute atomic E-state index is 0.636. The maximum Gasteiger partial charge on any atom is 0.191 e. The van der Waals surface area contributed by atoms with Crippen LogP contribution in [0.1, 0.15) is 24.5 Å². The second-order valence-corrected chi connectivity index (χ2v) is 5.77. The number of nitrogens with zero attached hydrogens (tertiary/aromatic N) is 1. The molecule has 0 saturated heterocycles. The van der Waals surface area contributed by atoms with Crippen molar-refractivity contribution in [2.75, 3.05) is 26.8 Å². The average molecular weight is 355 g/mol. The number of hydrogen-bond acceptors (Lipinski definition) is 3. The van der Waals surface area contributed by atoms with E-state index in [9.17, 15) is 0 Å². The summed E-state index contributed by atoms with van der Waals surface area (Å²) in [5.74, 6) is 1.69. The van der Waals surface area contributed by atoms with Crippen LogP contribution >= 0.6 is 0 Å². The van der Waals surface area contributed by atoms with Gasteiger partial charge in [-0.3, -0.25) is 4.99 Å². The molecule has 26 heavy (non-hydrogen) atoms. The third-order valence-electron chi connectivity index (χ3n) is 3.88. The van der Waals surface area contributed by atoms with Crippen molar-refractivity contribution in [1.29, 1.82) is 0 Å². The maximum atomic E-state index is 5.69. The molecule has 5 nitrogen and oxygen atoms in total. The van der Waals surface area contributed by atoms with Crippen molar-refractivity contribution in [1.82, 2.24) is 10.6 Å². The average Bonchev–Trinajstić information content (AvgIpc) is 2.70. The molecule has 0 bridgehead atoms. The highest BCUT2D eigenvalue weighted by molar-refractivity contribution is 5.79. The normalized spacial score (nSPS) is 11.2. The minimum Gasteiger partial charge on any atom is -0.494 e. The number of nitrogens with one attached hydrogen (secondary N) is 2. The zero-order valence-corrected chi connectivity index (χ0v) is 15.7. The molecule has 140 valence electrons. The van der Waals surface area contributed by atoms with E-state index in [2.05, 4.69) is 27.8 Å². The van der Waals surface area contributed by atoms with E-state index in [0.29, 0.717) is 19.8 Å². The largest absolute Gasteiger partial charge is 0.494 e. The molecule has 0 fully saturated rings. The zero-order valence-electron chi connectivity index (χ0n) is 15.7. The molecule has 0 amide bonds. The molecular weight excluding hydrogens is 326 g/mol. The summed E-state index contributed by atoms with van der Waals surface area (Å²) in [6.45, 7) is 5.54. The predicted octanol–water partition coefficient (Wildman–Crippen LogP) is 3.36. The van der Waals surface area contributed by atoms with Crippen LogP contribution in [0.5, 0.6) is 5.75 Å². The maximum absolute atomic E-state index is 5.69. The van der Waals surface area contributed by atoms with Gasteiger partial charge < -0.3 is 20.1 Å². The van der Waals surface area contributed by atoms with E-state index < -0.39 is 0 Å². The van der Waals surface area contributed by atoms with Gasteiger partial charge in [-0.05, 0) is 36.6 Å². The molecule has 2 aromatic carbocycles. The Labute approximate surface area is 156 Å². The number of benzene rings is 2. The summed E-state index contributed by atoms with van der Waals surface area (Å²) in [5.41, 5.74) is 2.42. The lowest BCUT2D eigenvalue weighted by atomic mass is 10.1. The van der Waals surface area contributed by atoms with Crippen molar-refractivity contribution in [2.24, 2.45) is 4.99 Å². The van der Waals surface area contributed by atoms with Crippen LogP contribution in [0.4, 0.5) is 0 Å². The molecule has 0 aliphatic carbocycles. The second-order valence-electron chi connectivity index (χ2n) is 5.77. The smallest absolute Gasteiger partial charge is 0.191 e. The van der Waals surface area contributed by atoms with E-state index in [1.165, 1.54) is 11.1 Å². The van der Waals surface area contributed by atoms with Crippen molar-refractivity contribution in [3.05, 3.63) is 65.7 Å². The van der Waals surface area contributed by atoms with Crippen LogP contribution in [0.3, 0.4) is 0 Å². The van der Waals surface area contributed by atoms with E-state index >= 15 is 0 Å². The van der Waals surface area contributed by atoms with E-state index in [4.69, 9.17) is 9.47 Å². The van der Waals surface area contributed by atoms with E-state index in [-0.39, 0.29) is 0 Å². The lowest BCUT2D eigenvalue weighted by Crippen LogP contribution is -2.37. The van der Waals surface area contributed by atoms with Crippen molar-refractivity contribution >= 4 is 5.96 Å². The first-order valence-corrected chi connectivity index (χ1v) is 9.10. The number of ether oxygens (including phenoxy) is 2. The van der Waals surface area contributed by atoms with Crippen molar-refractivity contribution in [3.8, 4) is 5.75 Å². The first kappa shape index (κ1) is 19.8. The van der Waals surface area contributed by atoms with E-state index in [0.717, 1.165) is 31.3 Å². The van der Waals surface area contributed by atoms with Gasteiger partial charge in [-0.2, -0.15) is 0 Å². The molecule has 2 aromatic rings. The molecule has 2 rings (SSSR count). The van der Waals surface area contributed by atoms with Crippen LogP contribution in [-0.4, -0.2) is 32.8 Å². The number of hydrogen-bond donors (Lipinski definition) is 2. The highest BCUT2D eigenvalue weighted by Gasteiger charge is 2.03. The Kier molecular flexibility index (Phi) is 9.08. The van der Waals surface area contributed by atoms with Gasteiger partial charge in [0.15, 0.2) is 5.96 Å². The van der Waals surface area contributed by atoms with E-state index in [1.54, 1.807) is 7.05 Å². The number of aliphatic imine (C=N–C) groups is 1. The zero-order chi connectivity index (χ0) is 18.5. The molecule has 0 aliphatic heterocycles. The number of guanidine groups is 1. The van der Waals surface area contributed by atoms with Crippen LogP contribution in [0.25, 0.3) is 0 Å². The predicted molar refractivity (Wildman–Crippen MR) is 107 cm³/mol. The highest BCUT2D eigenvalue weighted by Crippen LogP contribution is 2.10. The molecule has 0 heterocycles. The van der Waals surface area contributed by atoms with Gasteiger partial charge in [-0.25, -0.2) is 0 Å². The second kappa shape index (κ2) is 11.9. The first-order valence-electron chi connectivity index (χ1n) is 9.10. The molecule has 0 atom stereocenters. The van der Waals surface area contributed by atoms with Gasteiger partial charge in [-0.1, -0.05) is 42.5 Å². The van der Waals surface area contributed by atoms with Crippen LogP contribution in [0.15, 0.2) is 59.6 Å². The number of para-hydroxylation sites is 1. The molecular formula is C21H29N3O2. The summed E-state index contributed by atoms with van der Waals surface area (Å²) in [7, 11) is 1.78. The van der Waals surface area contributed by atoms with Gasteiger partial charge in [0.2, 0.25) is 0 Å². The fraction of sp³-hybridized carbons (Fsp3) is 0.381. The number of rotatable bonds is 10. The minimum atomic E-state index is 0.636. The van der Waals surface area contributed by atoms with Crippen LogP contribution in [-0.2, 0) is 17.9 Å². The van der Waals surface area contributed by atoms with Gasteiger partial charge >= 0.3 is 0 Å². The summed E-state index contributed by atoms with van der Waals surface area (Å²) in [4.78, 5) is 4.27. The van der Waals surface area contributed by atoms with Crippen LogP contribution in [0.2, 0.25) is 0 Å². The van der Waals surface area contributed by atoms with Gasteiger partial charge in [0, 0.05) is 26.7 Å². The SMILES string of the molecule is CCOCc1ccccc1CNC(=NC)NCCCOc1ccccc1. The molecule has 0 saturated carbocycles. The summed E-state index contributed by atoms with van der Waals surface area (Å²) in [6.07, 6.45) is 0.899.